The van der Waals surface area contributed by atoms with Gasteiger partial charge in [-0.2, -0.15) is 5.10 Å². The molecule has 0 bridgehead atoms. The number of anilines is 2. The maximum atomic E-state index is 14.1. The lowest BCUT2D eigenvalue weighted by Crippen LogP contribution is -2.31. The summed E-state index contributed by atoms with van der Waals surface area (Å²) in [4.78, 5) is 18.5. The van der Waals surface area contributed by atoms with Crippen molar-refractivity contribution in [3.8, 4) is 11.3 Å². The first-order valence-electron chi connectivity index (χ1n) is 9.26. The number of nitrogens with zero attached hydrogens (tertiary/aromatic N) is 4. The van der Waals surface area contributed by atoms with Gasteiger partial charge in [0.15, 0.2) is 5.82 Å². The van der Waals surface area contributed by atoms with E-state index < -0.39 is 17.7 Å². The van der Waals surface area contributed by atoms with Crippen LogP contribution in [0.25, 0.3) is 11.3 Å². The lowest BCUT2D eigenvalue weighted by atomic mass is 10.1. The molecular weight excluding hydrogens is 394 g/mol. The van der Waals surface area contributed by atoms with Crippen LogP contribution in [0.4, 0.5) is 25.1 Å². The quantitative estimate of drug-likeness (QED) is 0.669. The minimum Gasteiger partial charge on any atom is -0.396 e. The van der Waals surface area contributed by atoms with E-state index >= 15 is 0 Å². The molecule has 0 saturated carbocycles. The van der Waals surface area contributed by atoms with E-state index in [9.17, 15) is 13.6 Å². The number of hydrogen-bond donors (Lipinski definition) is 2. The lowest BCUT2D eigenvalue weighted by molar-refractivity contribution is 0.182. The molecule has 1 aromatic carbocycles. The van der Waals surface area contributed by atoms with Crippen molar-refractivity contribution in [1.29, 1.82) is 0 Å². The second-order valence-electron chi connectivity index (χ2n) is 6.90. The minimum atomic E-state index is -0.750. The van der Waals surface area contributed by atoms with Crippen molar-refractivity contribution in [3.63, 3.8) is 0 Å². The Bertz CT molecular complexity index is 1080. The number of benzene rings is 1. The molecule has 30 heavy (non-hydrogen) atoms. The molecule has 2 amide bonds. The largest absolute Gasteiger partial charge is 0.396 e. The number of carbonyl (C=O) groups is 1. The van der Waals surface area contributed by atoms with Crippen molar-refractivity contribution in [2.75, 3.05) is 24.8 Å². The van der Waals surface area contributed by atoms with Gasteiger partial charge in [-0.25, -0.2) is 18.6 Å². The Labute approximate surface area is 171 Å². The van der Waals surface area contributed by atoms with Gasteiger partial charge in [0.1, 0.15) is 11.6 Å². The van der Waals surface area contributed by atoms with Crippen LogP contribution in [-0.2, 0) is 24.4 Å². The fourth-order valence-electron chi connectivity index (χ4n) is 3.25. The van der Waals surface area contributed by atoms with Crippen molar-refractivity contribution < 1.29 is 18.3 Å². The highest BCUT2D eigenvalue weighted by molar-refractivity contribution is 5.92. The van der Waals surface area contributed by atoms with Crippen LogP contribution in [0.15, 0.2) is 36.5 Å². The van der Waals surface area contributed by atoms with Gasteiger partial charge in [-0.3, -0.25) is 10.00 Å². The molecule has 0 saturated heterocycles. The summed E-state index contributed by atoms with van der Waals surface area (Å²) in [7, 11) is 1.63. The van der Waals surface area contributed by atoms with Gasteiger partial charge in [-0.05, 0) is 24.3 Å². The number of ether oxygens (including phenoxy) is 1. The van der Waals surface area contributed by atoms with Gasteiger partial charge >= 0.3 is 6.03 Å². The van der Waals surface area contributed by atoms with Crippen LogP contribution in [0.5, 0.6) is 0 Å². The van der Waals surface area contributed by atoms with Gasteiger partial charge in [-0.15, -0.1) is 0 Å². The fourth-order valence-corrected chi connectivity index (χ4v) is 3.25. The number of urea groups is 1. The van der Waals surface area contributed by atoms with E-state index in [4.69, 9.17) is 10.5 Å². The van der Waals surface area contributed by atoms with E-state index in [1.54, 1.807) is 16.7 Å². The summed E-state index contributed by atoms with van der Waals surface area (Å²) < 4.78 is 34.1. The number of nitrogens with one attached hydrogen (secondary N) is 1. The monoisotopic (exact) mass is 414 g/mol. The standard InChI is InChI=1S/C20H20F2N6O2/c1-30-7-6-28-10-12-9-27(11-18(12)26-28)20(29)25-19-16(23)4-5-17(24-19)14-3-2-13(21)8-15(14)22/h2-5,8,10H,6-7,9,11,23H2,1H3,(H,24,25,29). The summed E-state index contributed by atoms with van der Waals surface area (Å²) >= 11 is 0. The number of carbonyl (C=O) groups excluding carboxylic acids is 1. The molecule has 0 radical (unpaired) electrons. The smallest absolute Gasteiger partial charge is 0.323 e. The number of halogens is 2. The highest BCUT2D eigenvalue weighted by atomic mass is 19.1. The van der Waals surface area contributed by atoms with E-state index in [0.29, 0.717) is 26.2 Å². The van der Waals surface area contributed by atoms with Crippen molar-refractivity contribution in [2.45, 2.75) is 19.6 Å². The highest BCUT2D eigenvalue weighted by Gasteiger charge is 2.27. The lowest BCUT2D eigenvalue weighted by Gasteiger charge is -2.17. The minimum absolute atomic E-state index is 0.107. The second kappa shape index (κ2) is 8.07. The summed E-state index contributed by atoms with van der Waals surface area (Å²) in [6.45, 7) is 1.96. The zero-order chi connectivity index (χ0) is 21.3. The van der Waals surface area contributed by atoms with Gasteiger partial charge < -0.3 is 15.4 Å². The Hall–Kier alpha value is -3.53. The molecule has 156 valence electrons. The first kappa shape index (κ1) is 19.8. The van der Waals surface area contributed by atoms with Crippen molar-refractivity contribution >= 4 is 17.5 Å². The summed E-state index contributed by atoms with van der Waals surface area (Å²) in [6, 6.07) is 5.83. The second-order valence-corrected chi connectivity index (χ2v) is 6.90. The molecular formula is C20H20F2N6O2. The van der Waals surface area contributed by atoms with Crippen LogP contribution < -0.4 is 11.1 Å². The Morgan fingerprint density at radius 2 is 2.10 bits per heavy atom. The molecule has 2 aromatic heterocycles. The average molecular weight is 414 g/mol. The third-order valence-electron chi connectivity index (χ3n) is 4.80. The van der Waals surface area contributed by atoms with Gasteiger partial charge in [0.05, 0.1) is 43.3 Å². The molecule has 0 fully saturated rings. The number of amides is 2. The number of nitrogen functional groups attached to an aromatic ring is 1. The Balaban J connectivity index is 1.47. The van der Waals surface area contributed by atoms with Gasteiger partial charge in [0.25, 0.3) is 0 Å². The molecule has 1 aliphatic rings. The van der Waals surface area contributed by atoms with Crippen LogP contribution in [-0.4, -0.2) is 39.4 Å². The van der Waals surface area contributed by atoms with E-state index in [1.165, 1.54) is 18.2 Å². The summed E-state index contributed by atoms with van der Waals surface area (Å²) in [5, 5.41) is 7.12. The van der Waals surface area contributed by atoms with Crippen LogP contribution in [0.2, 0.25) is 0 Å². The number of rotatable bonds is 5. The van der Waals surface area contributed by atoms with Gasteiger partial charge in [-0.1, -0.05) is 0 Å². The molecule has 1 aliphatic heterocycles. The summed E-state index contributed by atoms with van der Waals surface area (Å²) in [6.07, 6.45) is 1.90. The number of fused-ring (bicyclic) bond motifs is 1. The highest BCUT2D eigenvalue weighted by Crippen LogP contribution is 2.27. The molecule has 0 spiro atoms. The number of nitrogens with two attached hydrogens (primary N) is 1. The van der Waals surface area contributed by atoms with Crippen LogP contribution in [0, 0.1) is 11.6 Å². The van der Waals surface area contributed by atoms with E-state index in [0.717, 1.165) is 23.4 Å². The maximum absolute atomic E-state index is 14.1. The summed E-state index contributed by atoms with van der Waals surface area (Å²) in [5.74, 6) is -1.33. The Morgan fingerprint density at radius 3 is 2.83 bits per heavy atom. The Kier molecular flexibility index (Phi) is 5.32. The van der Waals surface area contributed by atoms with Crippen molar-refractivity contribution in [3.05, 3.63) is 59.4 Å². The van der Waals surface area contributed by atoms with Gasteiger partial charge in [0.2, 0.25) is 0 Å². The predicted octanol–water partition coefficient (Wildman–Crippen LogP) is 3.00. The maximum Gasteiger partial charge on any atom is 0.323 e. The van der Waals surface area contributed by atoms with Gasteiger partial charge in [0, 0.05) is 30.5 Å². The average Bonchev–Trinajstić information content (AvgIpc) is 3.27. The van der Waals surface area contributed by atoms with E-state index in [-0.39, 0.29) is 22.8 Å². The predicted molar refractivity (Wildman–Crippen MR) is 106 cm³/mol. The van der Waals surface area contributed by atoms with Crippen LogP contribution in [0.3, 0.4) is 0 Å². The van der Waals surface area contributed by atoms with Crippen molar-refractivity contribution in [2.24, 2.45) is 0 Å². The molecule has 0 unspecified atom stereocenters. The third-order valence-corrected chi connectivity index (χ3v) is 4.80. The first-order valence-corrected chi connectivity index (χ1v) is 9.26. The van der Waals surface area contributed by atoms with Crippen LogP contribution in [0.1, 0.15) is 11.3 Å². The topological polar surface area (TPSA) is 98.3 Å². The zero-order valence-electron chi connectivity index (χ0n) is 16.2. The molecule has 8 nitrogen and oxygen atoms in total. The number of hydrogen-bond acceptors (Lipinski definition) is 5. The molecule has 3 N–H and O–H groups in total. The third kappa shape index (κ3) is 3.94. The number of aromatic nitrogens is 3. The zero-order valence-corrected chi connectivity index (χ0v) is 16.2. The van der Waals surface area contributed by atoms with E-state index in [2.05, 4.69) is 15.4 Å². The SMILES string of the molecule is COCCn1cc2c(n1)CN(C(=O)Nc1nc(-c3ccc(F)cc3F)ccc1N)C2. The van der Waals surface area contributed by atoms with Crippen LogP contribution >= 0.6 is 0 Å². The summed E-state index contributed by atoms with van der Waals surface area (Å²) in [5.41, 5.74) is 8.29. The molecule has 0 aliphatic carbocycles. The normalized spacial score (nSPS) is 12.8. The van der Waals surface area contributed by atoms with E-state index in [1.807, 2.05) is 6.20 Å². The molecule has 3 aromatic rings. The van der Waals surface area contributed by atoms with Crippen molar-refractivity contribution in [1.82, 2.24) is 19.7 Å². The fraction of sp³-hybridized carbons (Fsp3) is 0.250. The Morgan fingerprint density at radius 1 is 1.27 bits per heavy atom. The number of methoxy groups -OCH3 is 1. The number of pyridine rings is 1. The molecule has 0 atom stereocenters. The molecule has 10 heteroatoms. The molecule has 4 rings (SSSR count). The first-order chi connectivity index (χ1) is 14.4. The molecule has 3 heterocycles.